The number of thioether (sulfide) groups is 1. The predicted molar refractivity (Wildman–Crippen MR) is 90.4 cm³/mol. The van der Waals surface area contributed by atoms with E-state index in [0.29, 0.717) is 12.1 Å². The van der Waals surface area contributed by atoms with Gasteiger partial charge in [-0.1, -0.05) is 30.3 Å². The zero-order chi connectivity index (χ0) is 14.4. The van der Waals surface area contributed by atoms with E-state index in [1.807, 2.05) is 11.8 Å². The number of nitrogens with zero attached hydrogens (tertiary/aromatic N) is 1. The fourth-order valence-corrected chi connectivity index (χ4v) is 3.11. The Morgan fingerprint density at radius 1 is 1.30 bits per heavy atom. The Hall–Kier alpha value is -0.510. The molecule has 0 radical (unpaired) electrons. The molecule has 112 valence electrons. The van der Waals surface area contributed by atoms with Crippen LogP contribution in [0.3, 0.4) is 0 Å². The molecule has 2 unspecified atom stereocenters. The molecule has 1 aromatic rings. The number of rotatable bonds is 9. The van der Waals surface area contributed by atoms with Gasteiger partial charge in [-0.3, -0.25) is 4.90 Å². The van der Waals surface area contributed by atoms with Crippen molar-refractivity contribution in [3.8, 4) is 0 Å². The van der Waals surface area contributed by atoms with Gasteiger partial charge in [-0.15, -0.1) is 0 Å². The molecule has 0 aromatic heterocycles. The van der Waals surface area contributed by atoms with Crippen molar-refractivity contribution in [2.75, 3.05) is 25.6 Å². The lowest BCUT2D eigenvalue weighted by Gasteiger charge is -2.34. The van der Waals surface area contributed by atoms with E-state index in [2.05, 4.69) is 60.8 Å². The van der Waals surface area contributed by atoms with Gasteiger partial charge in [-0.2, -0.15) is 11.8 Å². The Morgan fingerprint density at radius 2 is 2.00 bits per heavy atom. The van der Waals surface area contributed by atoms with Gasteiger partial charge in [0.25, 0.3) is 0 Å². The normalized spacial score (nSPS) is 18.2. The van der Waals surface area contributed by atoms with Crippen molar-refractivity contribution in [2.24, 2.45) is 0 Å². The van der Waals surface area contributed by atoms with Gasteiger partial charge in [0.15, 0.2) is 0 Å². The molecular formula is C17H28N2S. The molecule has 3 heteroatoms. The zero-order valence-electron chi connectivity index (χ0n) is 13.0. The third kappa shape index (κ3) is 4.80. The Bertz CT molecular complexity index is 378. The summed E-state index contributed by atoms with van der Waals surface area (Å²) < 4.78 is 0. The Labute approximate surface area is 128 Å². The molecule has 1 aromatic carbocycles. The Balaban J connectivity index is 2.00. The Morgan fingerprint density at radius 3 is 2.60 bits per heavy atom. The standard InChI is InChI=1S/C17H28N2S/c1-14(11-12-20-3)19(2)17(13-18-16-9-10-16)15-7-5-4-6-8-15/h4-8,14,16-18H,9-13H2,1-3H3. The maximum atomic E-state index is 3.70. The first-order valence-electron chi connectivity index (χ1n) is 7.71. The summed E-state index contributed by atoms with van der Waals surface area (Å²) in [5.74, 6) is 1.24. The molecule has 20 heavy (non-hydrogen) atoms. The van der Waals surface area contributed by atoms with Crippen LogP contribution >= 0.6 is 11.8 Å². The number of hydrogen-bond donors (Lipinski definition) is 1. The predicted octanol–water partition coefficient (Wildman–Crippen LogP) is 3.55. The first-order valence-corrected chi connectivity index (χ1v) is 9.11. The van der Waals surface area contributed by atoms with E-state index < -0.39 is 0 Å². The number of hydrogen-bond acceptors (Lipinski definition) is 3. The van der Waals surface area contributed by atoms with Crippen molar-refractivity contribution in [1.29, 1.82) is 0 Å². The maximum absolute atomic E-state index is 3.70. The van der Waals surface area contributed by atoms with Crippen molar-refractivity contribution in [3.05, 3.63) is 35.9 Å². The minimum atomic E-state index is 0.480. The first kappa shape index (κ1) is 15.9. The van der Waals surface area contributed by atoms with E-state index in [1.54, 1.807) is 0 Å². The van der Waals surface area contributed by atoms with Gasteiger partial charge in [0.1, 0.15) is 0 Å². The van der Waals surface area contributed by atoms with Crippen LogP contribution in [0.2, 0.25) is 0 Å². The van der Waals surface area contributed by atoms with E-state index in [0.717, 1.165) is 12.6 Å². The van der Waals surface area contributed by atoms with Gasteiger partial charge in [0.05, 0.1) is 0 Å². The molecule has 1 aliphatic rings. The lowest BCUT2D eigenvalue weighted by molar-refractivity contribution is 0.177. The topological polar surface area (TPSA) is 15.3 Å². The van der Waals surface area contributed by atoms with Gasteiger partial charge in [0, 0.05) is 24.7 Å². The number of benzene rings is 1. The summed E-state index contributed by atoms with van der Waals surface area (Å²) in [4.78, 5) is 2.54. The van der Waals surface area contributed by atoms with E-state index in [1.165, 1.54) is 30.6 Å². The zero-order valence-corrected chi connectivity index (χ0v) is 13.8. The molecule has 2 nitrogen and oxygen atoms in total. The van der Waals surface area contributed by atoms with E-state index >= 15 is 0 Å². The van der Waals surface area contributed by atoms with Gasteiger partial charge < -0.3 is 5.32 Å². The second-order valence-electron chi connectivity index (χ2n) is 5.90. The molecule has 1 saturated carbocycles. The highest BCUT2D eigenvalue weighted by Crippen LogP contribution is 2.25. The minimum absolute atomic E-state index is 0.480. The first-order chi connectivity index (χ1) is 9.72. The minimum Gasteiger partial charge on any atom is -0.312 e. The second kappa shape index (κ2) is 8.06. The van der Waals surface area contributed by atoms with Gasteiger partial charge in [0.2, 0.25) is 0 Å². The molecule has 0 saturated heterocycles. The largest absolute Gasteiger partial charge is 0.312 e. The van der Waals surface area contributed by atoms with Crippen LogP contribution in [-0.4, -0.2) is 42.6 Å². The van der Waals surface area contributed by atoms with Crippen LogP contribution in [0.5, 0.6) is 0 Å². The van der Waals surface area contributed by atoms with Crippen LogP contribution in [0.15, 0.2) is 30.3 Å². The molecule has 1 aliphatic carbocycles. The highest BCUT2D eigenvalue weighted by molar-refractivity contribution is 7.98. The molecule has 0 bridgehead atoms. The summed E-state index contributed by atoms with van der Waals surface area (Å²) >= 11 is 1.94. The summed E-state index contributed by atoms with van der Waals surface area (Å²) in [7, 11) is 2.28. The molecule has 0 amide bonds. The van der Waals surface area contributed by atoms with Crippen LogP contribution in [0.4, 0.5) is 0 Å². The lowest BCUT2D eigenvalue weighted by Crippen LogP contribution is -2.39. The number of nitrogens with one attached hydrogen (secondary N) is 1. The van der Waals surface area contributed by atoms with Gasteiger partial charge in [-0.05, 0) is 50.8 Å². The van der Waals surface area contributed by atoms with Crippen LogP contribution in [0.25, 0.3) is 0 Å². The molecule has 2 atom stereocenters. The summed E-state index contributed by atoms with van der Waals surface area (Å²) in [6, 6.07) is 12.8. The van der Waals surface area contributed by atoms with Crippen molar-refractivity contribution < 1.29 is 0 Å². The molecule has 0 aliphatic heterocycles. The van der Waals surface area contributed by atoms with E-state index in [-0.39, 0.29) is 0 Å². The summed E-state index contributed by atoms with van der Waals surface area (Å²) in [6.45, 7) is 3.41. The summed E-state index contributed by atoms with van der Waals surface area (Å²) in [5, 5.41) is 3.70. The van der Waals surface area contributed by atoms with Crippen LogP contribution in [0.1, 0.15) is 37.8 Å². The third-order valence-electron chi connectivity index (χ3n) is 4.29. The average Bonchev–Trinajstić information content (AvgIpc) is 3.30. The van der Waals surface area contributed by atoms with Crippen molar-refractivity contribution in [2.45, 2.75) is 44.3 Å². The molecule has 0 spiro atoms. The highest BCUT2D eigenvalue weighted by Gasteiger charge is 2.25. The number of likely N-dealkylation sites (N-methyl/N-ethyl adjacent to an activating group) is 1. The molecular weight excluding hydrogens is 264 g/mol. The van der Waals surface area contributed by atoms with E-state index in [4.69, 9.17) is 0 Å². The lowest BCUT2D eigenvalue weighted by atomic mass is 10.0. The van der Waals surface area contributed by atoms with E-state index in [9.17, 15) is 0 Å². The van der Waals surface area contributed by atoms with Crippen LogP contribution < -0.4 is 5.32 Å². The highest BCUT2D eigenvalue weighted by atomic mass is 32.2. The SMILES string of the molecule is CSCCC(C)N(C)C(CNC1CC1)c1ccccc1. The fraction of sp³-hybridized carbons (Fsp3) is 0.647. The second-order valence-corrected chi connectivity index (χ2v) is 6.89. The van der Waals surface area contributed by atoms with Crippen molar-refractivity contribution in [1.82, 2.24) is 10.2 Å². The van der Waals surface area contributed by atoms with Crippen LogP contribution in [-0.2, 0) is 0 Å². The monoisotopic (exact) mass is 292 g/mol. The molecule has 0 heterocycles. The third-order valence-corrected chi connectivity index (χ3v) is 4.93. The maximum Gasteiger partial charge on any atom is 0.0472 e. The fourth-order valence-electron chi connectivity index (χ4n) is 2.54. The Kier molecular flexibility index (Phi) is 6.40. The average molecular weight is 292 g/mol. The quantitative estimate of drug-likeness (QED) is 0.749. The van der Waals surface area contributed by atoms with Crippen molar-refractivity contribution in [3.63, 3.8) is 0 Å². The summed E-state index contributed by atoms with van der Waals surface area (Å²) in [6.07, 6.45) is 6.15. The van der Waals surface area contributed by atoms with Crippen LogP contribution in [0, 0.1) is 0 Å². The summed E-state index contributed by atoms with van der Waals surface area (Å²) in [5.41, 5.74) is 1.43. The van der Waals surface area contributed by atoms with Gasteiger partial charge >= 0.3 is 0 Å². The molecule has 1 N–H and O–H groups in total. The van der Waals surface area contributed by atoms with Crippen molar-refractivity contribution >= 4 is 11.8 Å². The van der Waals surface area contributed by atoms with Gasteiger partial charge in [-0.25, -0.2) is 0 Å². The molecule has 1 fully saturated rings. The molecule has 2 rings (SSSR count). The smallest absolute Gasteiger partial charge is 0.0472 e.